The quantitative estimate of drug-likeness (QED) is 0.0543. The Kier molecular flexibility index (Phi) is 26.9. The first-order chi connectivity index (χ1) is 24.4. The third-order valence-electron chi connectivity index (χ3n) is 6.10. The zero-order chi connectivity index (χ0) is 40.0. The molecule has 0 bridgehead atoms. The Balaban J connectivity index is 0. The molecule has 0 aliphatic rings. The molecule has 3 aromatic carbocycles. The van der Waals surface area contributed by atoms with Crippen LogP contribution in [-0.4, -0.2) is 27.8 Å². The Hall–Kier alpha value is -3.75. The van der Waals surface area contributed by atoms with Crippen molar-refractivity contribution in [1.82, 2.24) is 0 Å². The van der Waals surface area contributed by atoms with Crippen LogP contribution in [0.2, 0.25) is 0 Å². The molecule has 0 fully saturated rings. The molecule has 0 unspecified atom stereocenters. The fraction of sp³-hybridized carbons (Fsp3) is 0.250. The van der Waals surface area contributed by atoms with Crippen molar-refractivity contribution in [2.24, 2.45) is 0 Å². The zero-order valence-electron chi connectivity index (χ0n) is 29.6. The Morgan fingerprint density at radius 2 is 0.925 bits per heavy atom. The molecule has 280 valence electrons. The topological polar surface area (TPSA) is 179 Å². The van der Waals surface area contributed by atoms with Gasteiger partial charge >= 0.3 is 41.5 Å². The van der Waals surface area contributed by atoms with Gasteiger partial charge in [-0.05, 0) is 54.7 Å². The van der Waals surface area contributed by atoms with E-state index in [0.717, 1.165) is 16.7 Å². The minimum absolute atomic E-state index is 0. The van der Waals surface area contributed by atoms with Crippen LogP contribution >= 0.6 is 46.4 Å². The Morgan fingerprint density at radius 3 is 1.28 bits per heavy atom. The first-order valence-electron chi connectivity index (χ1n) is 14.8. The van der Waals surface area contributed by atoms with Gasteiger partial charge < -0.3 is 19.4 Å². The Labute approximate surface area is 350 Å². The predicted octanol–water partition coefficient (Wildman–Crippen LogP) is 5.39. The van der Waals surface area contributed by atoms with Crippen LogP contribution in [0.5, 0.6) is 0 Å². The molecule has 0 aromatic heterocycles. The van der Waals surface area contributed by atoms with E-state index >= 15 is 0 Å². The second-order valence-corrected chi connectivity index (χ2v) is 11.6. The van der Waals surface area contributed by atoms with E-state index in [2.05, 4.69) is 19.7 Å². The van der Waals surface area contributed by atoms with Crippen LogP contribution in [-0.2, 0) is 60.6 Å². The van der Waals surface area contributed by atoms with Crippen LogP contribution in [0, 0.1) is 20.2 Å². The molecular weight excluding hydrogens is 785 g/mol. The van der Waals surface area contributed by atoms with Crippen LogP contribution in [0.4, 0.5) is 11.4 Å². The normalized spacial score (nSPS) is 9.42. The summed E-state index contributed by atoms with van der Waals surface area (Å²) in [5.41, 5.74) is 4.51. The summed E-state index contributed by atoms with van der Waals surface area (Å²) >= 11 is 22.3. The van der Waals surface area contributed by atoms with Crippen LogP contribution in [0.1, 0.15) is 54.2 Å². The largest absolute Gasteiger partial charge is 1.00 e. The number of esters is 2. The molecule has 17 heteroatoms. The number of benzene rings is 3. The molecule has 3 rings (SSSR count). The standard InChI is InChI=1S/C16H17NO6.C8H7Cl2NO2.C8H8Cl2.C4H6O2.Na/c1-10(2)15(18)22-8-12-5-6-13(14(7-12)17(20)21)9-23-16(19)11(3)4;9-4-6-1-2-7(5-10)8(3-6)11(12)13;9-5-7-1-2-8(6-10)4-3-7;1-3(2)4(5)6;/h5-7H,1,3,8-9H2,2,4H3;1-3H,4-5H2;1-4H,5-6H2;1H2,2H3,(H,5,6);/q;;;;+1/p-1. The summed E-state index contributed by atoms with van der Waals surface area (Å²) in [5.74, 6) is -0.839. The molecule has 0 aliphatic heterocycles. The molecule has 12 nitrogen and oxygen atoms in total. The van der Waals surface area contributed by atoms with Gasteiger partial charge in [0.2, 0.25) is 0 Å². The molecule has 0 aliphatic carbocycles. The average molecular weight is 822 g/mol. The maximum absolute atomic E-state index is 11.3. The number of nitrogens with zero attached hydrogens (tertiary/aromatic N) is 2. The summed E-state index contributed by atoms with van der Waals surface area (Å²) in [6.07, 6.45) is 0. The SMILES string of the molecule is C=C(C)C(=O)OCc1ccc(COC(=O)C(=C)C)c([N+](=O)[O-])c1.C=C(C)C(=O)[O-].ClCc1ccc(CCl)cc1.O=[N+]([O-])c1cc(CCl)ccc1CCl.[Na+]. The molecule has 0 heterocycles. The monoisotopic (exact) mass is 820 g/mol. The molecule has 0 spiro atoms. The van der Waals surface area contributed by atoms with E-state index in [-0.39, 0.29) is 88.2 Å². The summed E-state index contributed by atoms with van der Waals surface area (Å²) < 4.78 is 9.85. The fourth-order valence-corrected chi connectivity index (χ4v) is 3.97. The van der Waals surface area contributed by atoms with Crippen molar-refractivity contribution < 1.29 is 68.4 Å². The summed E-state index contributed by atoms with van der Waals surface area (Å²) in [6, 6.07) is 17.1. The van der Waals surface area contributed by atoms with E-state index in [0.29, 0.717) is 22.9 Å². The number of nitro benzene ring substituents is 2. The van der Waals surface area contributed by atoms with Crippen molar-refractivity contribution in [3.63, 3.8) is 0 Å². The molecule has 0 atom stereocenters. The average Bonchev–Trinajstić information content (AvgIpc) is 3.13. The van der Waals surface area contributed by atoms with Gasteiger partial charge in [-0.2, -0.15) is 0 Å². The molecule has 53 heavy (non-hydrogen) atoms. The van der Waals surface area contributed by atoms with E-state index in [1.165, 1.54) is 39.0 Å². The number of aliphatic carboxylic acids is 1. The maximum Gasteiger partial charge on any atom is 1.00 e. The number of carboxylic acids is 1. The smallest absolute Gasteiger partial charge is 0.545 e. The van der Waals surface area contributed by atoms with Gasteiger partial charge in [-0.25, -0.2) is 9.59 Å². The molecule has 0 saturated carbocycles. The van der Waals surface area contributed by atoms with Gasteiger partial charge in [0.15, 0.2) is 0 Å². The van der Waals surface area contributed by atoms with E-state index in [1.807, 2.05) is 24.3 Å². The van der Waals surface area contributed by atoms with Gasteiger partial charge in [0.1, 0.15) is 13.2 Å². The van der Waals surface area contributed by atoms with E-state index in [9.17, 15) is 39.7 Å². The molecule has 0 amide bonds. The van der Waals surface area contributed by atoms with Gasteiger partial charge in [0.25, 0.3) is 11.4 Å². The van der Waals surface area contributed by atoms with E-state index < -0.39 is 27.8 Å². The maximum atomic E-state index is 11.3. The van der Waals surface area contributed by atoms with Crippen molar-refractivity contribution in [2.45, 2.75) is 57.5 Å². The van der Waals surface area contributed by atoms with E-state index in [4.69, 9.17) is 55.9 Å². The van der Waals surface area contributed by atoms with Gasteiger partial charge in [-0.1, -0.05) is 62.2 Å². The predicted molar refractivity (Wildman–Crippen MR) is 200 cm³/mol. The number of hydrogen-bond donors (Lipinski definition) is 0. The number of ether oxygens (including phenoxy) is 2. The van der Waals surface area contributed by atoms with Gasteiger partial charge in [-0.3, -0.25) is 20.2 Å². The minimum Gasteiger partial charge on any atom is -0.545 e. The Bertz CT molecular complexity index is 1720. The van der Waals surface area contributed by atoms with Crippen molar-refractivity contribution in [1.29, 1.82) is 0 Å². The number of carboxylic acid groups (broad SMARTS) is 1. The fourth-order valence-electron chi connectivity index (χ4n) is 3.22. The minimum atomic E-state index is -1.19. The van der Waals surface area contributed by atoms with Crippen LogP contribution in [0.25, 0.3) is 0 Å². The number of halogens is 4. The summed E-state index contributed by atoms with van der Waals surface area (Å²) in [5, 5.41) is 31.2. The summed E-state index contributed by atoms with van der Waals surface area (Å²) in [7, 11) is 0. The van der Waals surface area contributed by atoms with Crippen molar-refractivity contribution in [3.05, 3.63) is 151 Å². The third-order valence-corrected chi connectivity index (χ3v) is 7.31. The molecule has 0 radical (unpaired) electrons. The number of rotatable bonds is 13. The van der Waals surface area contributed by atoms with Crippen LogP contribution in [0.15, 0.2) is 97.1 Å². The van der Waals surface area contributed by atoms with Crippen molar-refractivity contribution in [3.8, 4) is 0 Å². The van der Waals surface area contributed by atoms with Gasteiger partial charge in [0.05, 0.1) is 27.3 Å². The number of carbonyl (C=O) groups excluding carboxylic acids is 3. The molecule has 0 saturated heterocycles. The zero-order valence-corrected chi connectivity index (χ0v) is 34.6. The van der Waals surface area contributed by atoms with Crippen molar-refractivity contribution >= 4 is 75.7 Å². The summed E-state index contributed by atoms with van der Waals surface area (Å²) in [6.45, 7) is 14.0. The number of hydrogen-bond acceptors (Lipinski definition) is 10. The van der Waals surface area contributed by atoms with Crippen molar-refractivity contribution in [2.75, 3.05) is 0 Å². The van der Waals surface area contributed by atoms with E-state index in [1.54, 1.807) is 18.2 Å². The van der Waals surface area contributed by atoms with Crippen LogP contribution < -0.4 is 34.7 Å². The third kappa shape index (κ3) is 20.9. The number of carbonyl (C=O) groups is 3. The summed E-state index contributed by atoms with van der Waals surface area (Å²) in [4.78, 5) is 52.8. The first-order valence-corrected chi connectivity index (χ1v) is 16.9. The van der Waals surface area contributed by atoms with Gasteiger partial charge in [0, 0.05) is 46.5 Å². The van der Waals surface area contributed by atoms with Gasteiger partial charge in [-0.15, -0.1) is 46.4 Å². The first kappa shape index (κ1) is 51.4. The number of alkyl halides is 4. The Morgan fingerprint density at radius 1 is 0.585 bits per heavy atom. The molecule has 3 aromatic rings. The molecular formula is C36H37Cl4N2NaO10. The number of nitro groups is 2. The van der Waals surface area contributed by atoms with Crippen LogP contribution in [0.3, 0.4) is 0 Å². The second-order valence-electron chi connectivity index (χ2n) is 10.6. The second kappa shape index (κ2) is 27.8. The molecule has 0 N–H and O–H groups in total.